The van der Waals surface area contributed by atoms with Crippen LogP contribution in [0.1, 0.15) is 24.1 Å². The Hall–Kier alpha value is -2.48. The topological polar surface area (TPSA) is 81.1 Å². The van der Waals surface area contributed by atoms with Gasteiger partial charge in [0.2, 0.25) is 10.0 Å². The van der Waals surface area contributed by atoms with Gasteiger partial charge in [0.1, 0.15) is 0 Å². The number of nitrogens with zero attached hydrogens (tertiary/aromatic N) is 2. The first kappa shape index (κ1) is 19.3. The maximum absolute atomic E-state index is 12.8. The molecular weight excluding hydrogens is 386 g/mol. The van der Waals surface area contributed by atoms with Gasteiger partial charge in [0.25, 0.3) is 5.56 Å². The fraction of sp³-hybridized carbons (Fsp3) is 0.158. The molecule has 0 bridgehead atoms. The molecule has 140 valence electrons. The van der Waals surface area contributed by atoms with Crippen LogP contribution in [0.25, 0.3) is 5.69 Å². The molecule has 1 aromatic heterocycles. The summed E-state index contributed by atoms with van der Waals surface area (Å²) in [5.41, 5.74) is 1.58. The van der Waals surface area contributed by atoms with Crippen molar-refractivity contribution in [3.63, 3.8) is 0 Å². The zero-order valence-corrected chi connectivity index (χ0v) is 16.3. The van der Waals surface area contributed by atoms with Gasteiger partial charge >= 0.3 is 0 Å². The maximum Gasteiger partial charge on any atom is 0.273 e. The van der Waals surface area contributed by atoms with Gasteiger partial charge in [-0.2, -0.15) is 0 Å². The molecule has 3 rings (SSSR count). The molecule has 0 aliphatic rings. The van der Waals surface area contributed by atoms with Crippen LogP contribution in [0.3, 0.4) is 0 Å². The minimum Gasteiger partial charge on any atom is -0.281 e. The Bertz CT molecular complexity index is 1140. The Morgan fingerprint density at radius 1 is 1.19 bits per heavy atom. The molecule has 1 N–H and O–H groups in total. The normalized spacial score (nSPS) is 12.7. The first-order valence-electron chi connectivity index (χ1n) is 8.20. The average Bonchev–Trinajstić information content (AvgIpc) is 2.64. The molecule has 8 heteroatoms. The quantitative estimate of drug-likeness (QED) is 0.709. The summed E-state index contributed by atoms with van der Waals surface area (Å²) < 4.78 is 29.6. The van der Waals surface area contributed by atoms with Crippen molar-refractivity contribution in [2.24, 2.45) is 0 Å². The summed E-state index contributed by atoms with van der Waals surface area (Å²) >= 11 is 6.05. The van der Waals surface area contributed by atoms with Gasteiger partial charge in [-0.1, -0.05) is 29.8 Å². The highest BCUT2D eigenvalue weighted by molar-refractivity contribution is 7.89. The van der Waals surface area contributed by atoms with Crippen LogP contribution in [0.5, 0.6) is 0 Å². The van der Waals surface area contributed by atoms with Crippen molar-refractivity contribution in [3.05, 3.63) is 87.6 Å². The van der Waals surface area contributed by atoms with E-state index in [1.54, 1.807) is 56.4 Å². The molecule has 0 amide bonds. The van der Waals surface area contributed by atoms with Crippen LogP contribution in [-0.2, 0) is 10.0 Å². The summed E-state index contributed by atoms with van der Waals surface area (Å²) in [4.78, 5) is 15.9. The van der Waals surface area contributed by atoms with Gasteiger partial charge in [-0.25, -0.2) is 13.1 Å². The maximum atomic E-state index is 12.8. The van der Waals surface area contributed by atoms with Crippen molar-refractivity contribution in [1.82, 2.24) is 14.3 Å². The van der Waals surface area contributed by atoms with Gasteiger partial charge in [-0.05, 0) is 49.2 Å². The molecule has 0 aliphatic carbocycles. The van der Waals surface area contributed by atoms with Gasteiger partial charge in [-0.15, -0.1) is 0 Å². The highest BCUT2D eigenvalue weighted by atomic mass is 35.5. The van der Waals surface area contributed by atoms with E-state index in [1.165, 1.54) is 23.0 Å². The first-order chi connectivity index (χ1) is 12.8. The average molecular weight is 404 g/mol. The third-order valence-corrected chi connectivity index (χ3v) is 6.31. The van der Waals surface area contributed by atoms with Crippen LogP contribution in [0.2, 0.25) is 5.02 Å². The van der Waals surface area contributed by atoms with Crippen molar-refractivity contribution >= 4 is 21.6 Å². The number of aromatic nitrogens is 2. The van der Waals surface area contributed by atoms with Crippen molar-refractivity contribution in [2.75, 3.05) is 0 Å². The lowest BCUT2D eigenvalue weighted by Crippen LogP contribution is -2.27. The van der Waals surface area contributed by atoms with E-state index in [4.69, 9.17) is 11.6 Å². The molecule has 2 aromatic carbocycles. The lowest BCUT2D eigenvalue weighted by atomic mass is 10.1. The van der Waals surface area contributed by atoms with Crippen molar-refractivity contribution < 1.29 is 8.42 Å². The van der Waals surface area contributed by atoms with Crippen molar-refractivity contribution in [3.8, 4) is 5.69 Å². The molecule has 6 nitrogen and oxygen atoms in total. The number of nitrogens with one attached hydrogen (secondary N) is 1. The lowest BCUT2D eigenvalue weighted by Gasteiger charge is -2.17. The monoisotopic (exact) mass is 403 g/mol. The second kappa shape index (κ2) is 7.64. The molecule has 1 atom stereocenters. The molecule has 0 spiro atoms. The van der Waals surface area contributed by atoms with Crippen LogP contribution in [0, 0.1) is 6.92 Å². The van der Waals surface area contributed by atoms with Gasteiger partial charge in [-0.3, -0.25) is 14.3 Å². The first-order valence-corrected chi connectivity index (χ1v) is 10.1. The Kier molecular flexibility index (Phi) is 5.46. The summed E-state index contributed by atoms with van der Waals surface area (Å²) in [5.74, 6) is 0. The molecule has 27 heavy (non-hydrogen) atoms. The minimum absolute atomic E-state index is 0.142. The molecule has 1 unspecified atom stereocenters. The van der Waals surface area contributed by atoms with Crippen LogP contribution in [0.15, 0.2) is 70.7 Å². The zero-order chi connectivity index (χ0) is 19.6. The smallest absolute Gasteiger partial charge is 0.273 e. The number of hydrogen-bond acceptors (Lipinski definition) is 4. The predicted octanol–water partition coefficient (Wildman–Crippen LogP) is 3.23. The Morgan fingerprint density at radius 2 is 1.93 bits per heavy atom. The third kappa shape index (κ3) is 4.10. The van der Waals surface area contributed by atoms with E-state index < -0.39 is 16.1 Å². The van der Waals surface area contributed by atoms with Gasteiger partial charge in [0.15, 0.2) is 0 Å². The van der Waals surface area contributed by atoms with Crippen LogP contribution < -0.4 is 10.3 Å². The summed E-state index contributed by atoms with van der Waals surface area (Å²) in [5, 5.41) is 0.393. The molecule has 0 saturated carbocycles. The summed E-state index contributed by atoms with van der Waals surface area (Å²) in [6, 6.07) is 11.4. The third-order valence-electron chi connectivity index (χ3n) is 4.21. The zero-order valence-electron chi connectivity index (χ0n) is 14.8. The predicted molar refractivity (Wildman–Crippen MR) is 105 cm³/mol. The van der Waals surface area contributed by atoms with E-state index >= 15 is 0 Å². The Balaban J connectivity index is 1.92. The summed E-state index contributed by atoms with van der Waals surface area (Å²) in [7, 11) is -3.76. The van der Waals surface area contributed by atoms with E-state index in [0.717, 1.165) is 5.56 Å². The largest absolute Gasteiger partial charge is 0.281 e. The fourth-order valence-electron chi connectivity index (χ4n) is 2.75. The molecular formula is C19H18ClN3O3S. The van der Waals surface area contributed by atoms with E-state index in [9.17, 15) is 13.2 Å². The fourth-order valence-corrected chi connectivity index (χ4v) is 4.48. The highest BCUT2D eigenvalue weighted by Crippen LogP contribution is 2.25. The lowest BCUT2D eigenvalue weighted by molar-refractivity contribution is 0.566. The number of halogens is 1. The van der Waals surface area contributed by atoms with Crippen LogP contribution in [0.4, 0.5) is 0 Å². The minimum atomic E-state index is -3.76. The molecule has 0 fully saturated rings. The molecule has 0 radical (unpaired) electrons. The Labute approximate surface area is 162 Å². The second-order valence-corrected chi connectivity index (χ2v) is 8.18. The highest BCUT2D eigenvalue weighted by Gasteiger charge is 2.21. The van der Waals surface area contributed by atoms with Crippen LogP contribution >= 0.6 is 11.6 Å². The molecule has 0 saturated heterocycles. The summed E-state index contributed by atoms with van der Waals surface area (Å²) in [6.07, 6.45) is 4.30. The van der Waals surface area contributed by atoms with E-state index in [1.807, 2.05) is 0 Å². The van der Waals surface area contributed by atoms with Crippen molar-refractivity contribution in [2.45, 2.75) is 24.8 Å². The van der Waals surface area contributed by atoms with E-state index in [2.05, 4.69) is 9.71 Å². The van der Waals surface area contributed by atoms with Gasteiger partial charge in [0, 0.05) is 29.1 Å². The molecule has 1 heterocycles. The SMILES string of the molecule is Cc1c(Cl)cccc1S(=O)(=O)NC(C)c1cccc(-n2ccncc2=O)c1. The number of rotatable bonds is 5. The number of sulfonamides is 1. The van der Waals surface area contributed by atoms with Gasteiger partial charge < -0.3 is 0 Å². The van der Waals surface area contributed by atoms with Crippen LogP contribution in [-0.4, -0.2) is 18.0 Å². The second-order valence-electron chi connectivity index (χ2n) is 6.09. The molecule has 3 aromatic rings. The Morgan fingerprint density at radius 3 is 2.67 bits per heavy atom. The number of hydrogen-bond donors (Lipinski definition) is 1. The van der Waals surface area contributed by atoms with Crippen molar-refractivity contribution in [1.29, 1.82) is 0 Å². The summed E-state index contributed by atoms with van der Waals surface area (Å²) in [6.45, 7) is 3.41. The van der Waals surface area contributed by atoms with Gasteiger partial charge in [0.05, 0.1) is 11.1 Å². The van der Waals surface area contributed by atoms with E-state index in [0.29, 0.717) is 16.3 Å². The molecule has 0 aliphatic heterocycles. The van der Waals surface area contributed by atoms with E-state index in [-0.39, 0.29) is 10.5 Å². The number of benzene rings is 2. The standard InChI is InChI=1S/C19H18ClN3O3S/c1-13-17(20)7-4-8-18(13)27(25,26)22-14(2)15-5-3-6-16(11-15)23-10-9-21-12-19(23)24/h3-12,14,22H,1-2H3.